The minimum absolute atomic E-state index is 0.0672. The van der Waals surface area contributed by atoms with Gasteiger partial charge in [0.25, 0.3) is 11.9 Å². The van der Waals surface area contributed by atoms with Crippen LogP contribution in [0.15, 0.2) is 78.9 Å². The van der Waals surface area contributed by atoms with E-state index in [0.717, 1.165) is 11.3 Å². The van der Waals surface area contributed by atoms with Gasteiger partial charge in [0.2, 0.25) is 5.95 Å². The van der Waals surface area contributed by atoms with Crippen LogP contribution in [0.2, 0.25) is 10.0 Å². The SMILES string of the molecule is O=C(Nc1nc2n(n1)[C@H](c1c(F)cccc1Cl)C=C(c1ccccc1)N2)c1ccc(Cl)cc1. The molecule has 9 heteroatoms. The van der Waals surface area contributed by atoms with Gasteiger partial charge >= 0.3 is 0 Å². The predicted octanol–water partition coefficient (Wildman–Crippen LogP) is 6.03. The molecule has 5 rings (SSSR count). The highest BCUT2D eigenvalue weighted by Crippen LogP contribution is 2.37. The molecule has 6 nitrogen and oxygen atoms in total. The molecule has 1 aromatic heterocycles. The van der Waals surface area contributed by atoms with E-state index >= 15 is 0 Å². The number of aromatic nitrogens is 3. The summed E-state index contributed by atoms with van der Waals surface area (Å²) in [6, 6.07) is 19.8. The third-order valence-corrected chi connectivity index (χ3v) is 5.76. The number of hydrogen-bond acceptors (Lipinski definition) is 4. The van der Waals surface area contributed by atoms with Crippen molar-refractivity contribution in [2.24, 2.45) is 0 Å². The van der Waals surface area contributed by atoms with Crippen molar-refractivity contribution < 1.29 is 9.18 Å². The number of benzene rings is 3. The van der Waals surface area contributed by atoms with E-state index in [2.05, 4.69) is 20.7 Å². The molecular weight excluding hydrogens is 464 g/mol. The fourth-order valence-electron chi connectivity index (χ4n) is 3.61. The molecule has 0 radical (unpaired) electrons. The Balaban J connectivity index is 1.54. The lowest BCUT2D eigenvalue weighted by atomic mass is 10.0. The number of anilines is 2. The smallest absolute Gasteiger partial charge is 0.258 e. The van der Waals surface area contributed by atoms with E-state index in [4.69, 9.17) is 23.2 Å². The van der Waals surface area contributed by atoms with Crippen molar-refractivity contribution in [2.75, 3.05) is 10.6 Å². The standard InChI is InChI=1S/C24H16Cl2FN5O/c25-16-11-9-15(10-12-16)22(33)29-23-30-24-28-19(14-5-2-1-3-6-14)13-20(32(24)31-23)21-17(26)7-4-8-18(21)27/h1-13,20H,(H2,28,29,30,31,33)/t20-/m0/s1. The average molecular weight is 480 g/mol. The molecule has 1 atom stereocenters. The second kappa shape index (κ2) is 8.69. The number of amides is 1. The molecule has 33 heavy (non-hydrogen) atoms. The summed E-state index contributed by atoms with van der Waals surface area (Å²) >= 11 is 12.3. The number of nitrogens with one attached hydrogen (secondary N) is 2. The topological polar surface area (TPSA) is 71.8 Å². The molecule has 0 unspecified atom stereocenters. The number of allylic oxidation sites excluding steroid dienone is 1. The van der Waals surface area contributed by atoms with Gasteiger partial charge in [-0.25, -0.2) is 9.07 Å². The number of hydrogen-bond donors (Lipinski definition) is 2. The number of halogens is 3. The van der Waals surface area contributed by atoms with Crippen molar-refractivity contribution in [3.8, 4) is 0 Å². The van der Waals surface area contributed by atoms with Crippen molar-refractivity contribution >= 4 is 46.7 Å². The Morgan fingerprint density at radius 2 is 1.76 bits per heavy atom. The summed E-state index contributed by atoms with van der Waals surface area (Å²) < 4.78 is 16.3. The number of fused-ring (bicyclic) bond motifs is 1. The highest BCUT2D eigenvalue weighted by atomic mass is 35.5. The van der Waals surface area contributed by atoms with E-state index in [1.54, 1.807) is 36.4 Å². The highest BCUT2D eigenvalue weighted by molar-refractivity contribution is 6.31. The summed E-state index contributed by atoms with van der Waals surface area (Å²) in [6.45, 7) is 0. The van der Waals surface area contributed by atoms with Crippen LogP contribution in [-0.4, -0.2) is 20.7 Å². The normalized spacial score (nSPS) is 14.8. The van der Waals surface area contributed by atoms with Crippen molar-refractivity contribution in [1.29, 1.82) is 0 Å². The van der Waals surface area contributed by atoms with E-state index in [9.17, 15) is 9.18 Å². The van der Waals surface area contributed by atoms with Gasteiger partial charge in [-0.2, -0.15) is 4.98 Å². The molecule has 0 spiro atoms. The van der Waals surface area contributed by atoms with Crippen LogP contribution in [0.4, 0.5) is 16.3 Å². The van der Waals surface area contributed by atoms with Crippen molar-refractivity contribution in [3.05, 3.63) is 111 Å². The Hall–Kier alpha value is -3.68. The van der Waals surface area contributed by atoms with Crippen molar-refractivity contribution in [1.82, 2.24) is 14.8 Å². The molecule has 2 heterocycles. The third kappa shape index (κ3) is 4.20. The first-order valence-corrected chi connectivity index (χ1v) is 10.8. The lowest BCUT2D eigenvalue weighted by Crippen LogP contribution is -2.21. The van der Waals surface area contributed by atoms with Crippen LogP contribution in [0, 0.1) is 5.82 Å². The first kappa shape index (κ1) is 21.2. The molecule has 1 aliphatic heterocycles. The molecule has 1 aliphatic rings. The van der Waals surface area contributed by atoms with Gasteiger partial charge in [0.15, 0.2) is 0 Å². The van der Waals surface area contributed by atoms with Gasteiger partial charge in [-0.15, -0.1) is 5.10 Å². The lowest BCUT2D eigenvalue weighted by molar-refractivity contribution is 0.102. The van der Waals surface area contributed by atoms with E-state index in [-0.39, 0.29) is 16.5 Å². The maximum Gasteiger partial charge on any atom is 0.258 e. The molecule has 0 bridgehead atoms. The molecular formula is C24H16Cl2FN5O. The van der Waals surface area contributed by atoms with Crippen LogP contribution in [0.25, 0.3) is 5.70 Å². The number of carbonyl (C=O) groups is 1. The number of nitrogens with zero attached hydrogens (tertiary/aromatic N) is 3. The van der Waals surface area contributed by atoms with Crippen molar-refractivity contribution in [3.63, 3.8) is 0 Å². The summed E-state index contributed by atoms with van der Waals surface area (Å²) in [5.74, 6) is -0.456. The maximum atomic E-state index is 14.9. The summed E-state index contributed by atoms with van der Waals surface area (Å²) in [5, 5.41) is 11.1. The Labute approximate surface area is 198 Å². The quantitative estimate of drug-likeness (QED) is 0.374. The average Bonchev–Trinajstić information content (AvgIpc) is 3.22. The van der Waals surface area contributed by atoms with E-state index in [1.165, 1.54) is 10.7 Å². The minimum Gasteiger partial charge on any atom is -0.324 e. The largest absolute Gasteiger partial charge is 0.324 e. The van der Waals surface area contributed by atoms with Crippen LogP contribution in [0.3, 0.4) is 0 Å². The van der Waals surface area contributed by atoms with Gasteiger partial charge in [0, 0.05) is 26.9 Å². The Bertz CT molecular complexity index is 1350. The van der Waals surface area contributed by atoms with Crippen molar-refractivity contribution in [2.45, 2.75) is 6.04 Å². The molecule has 4 aromatic rings. The van der Waals surface area contributed by atoms with Crippen LogP contribution in [-0.2, 0) is 0 Å². The molecule has 164 valence electrons. The fourth-order valence-corrected chi connectivity index (χ4v) is 4.01. The molecule has 0 saturated carbocycles. The summed E-state index contributed by atoms with van der Waals surface area (Å²) in [7, 11) is 0. The maximum absolute atomic E-state index is 14.9. The van der Waals surface area contributed by atoms with Gasteiger partial charge in [-0.1, -0.05) is 59.6 Å². The number of rotatable bonds is 4. The second-order valence-corrected chi connectivity index (χ2v) is 8.16. The van der Waals surface area contributed by atoms with Gasteiger partial charge < -0.3 is 5.32 Å². The highest BCUT2D eigenvalue weighted by Gasteiger charge is 2.29. The zero-order chi connectivity index (χ0) is 22.9. The van der Waals surface area contributed by atoms with Crippen LogP contribution in [0.5, 0.6) is 0 Å². The van der Waals surface area contributed by atoms with Gasteiger partial charge in [0.05, 0.1) is 0 Å². The van der Waals surface area contributed by atoms with Crippen LogP contribution in [0.1, 0.15) is 27.5 Å². The Kier molecular flexibility index (Phi) is 5.58. The third-order valence-electron chi connectivity index (χ3n) is 5.18. The van der Waals surface area contributed by atoms with Gasteiger partial charge in [-0.3, -0.25) is 10.1 Å². The van der Waals surface area contributed by atoms with E-state index in [0.29, 0.717) is 16.5 Å². The molecule has 1 amide bonds. The Morgan fingerprint density at radius 3 is 2.48 bits per heavy atom. The molecule has 0 aliphatic carbocycles. The monoisotopic (exact) mass is 479 g/mol. The summed E-state index contributed by atoms with van der Waals surface area (Å²) in [4.78, 5) is 17.0. The zero-order valence-corrected chi connectivity index (χ0v) is 18.5. The number of carbonyl (C=O) groups excluding carboxylic acids is 1. The second-order valence-electron chi connectivity index (χ2n) is 7.32. The summed E-state index contributed by atoms with van der Waals surface area (Å²) in [6.07, 6.45) is 1.83. The molecule has 3 aromatic carbocycles. The lowest BCUT2D eigenvalue weighted by Gasteiger charge is -2.25. The van der Waals surface area contributed by atoms with E-state index in [1.807, 2.05) is 36.4 Å². The first-order valence-electron chi connectivity index (χ1n) is 10.0. The van der Waals surface area contributed by atoms with Crippen LogP contribution >= 0.6 is 23.2 Å². The molecule has 0 fully saturated rings. The molecule has 2 N–H and O–H groups in total. The fraction of sp³-hybridized carbons (Fsp3) is 0.0417. The van der Waals surface area contributed by atoms with Crippen LogP contribution < -0.4 is 10.6 Å². The first-order chi connectivity index (χ1) is 16.0. The van der Waals surface area contributed by atoms with Gasteiger partial charge in [0.1, 0.15) is 11.9 Å². The van der Waals surface area contributed by atoms with E-state index < -0.39 is 17.8 Å². The zero-order valence-electron chi connectivity index (χ0n) is 17.0. The predicted molar refractivity (Wildman–Crippen MR) is 127 cm³/mol. The molecule has 0 saturated heterocycles. The Morgan fingerprint density at radius 1 is 1.00 bits per heavy atom. The summed E-state index contributed by atoms with van der Waals surface area (Å²) in [5.41, 5.74) is 2.26. The minimum atomic E-state index is -0.682. The van der Waals surface area contributed by atoms with Gasteiger partial charge in [-0.05, 0) is 48.0 Å².